The van der Waals surface area contributed by atoms with Crippen LogP contribution >= 0.6 is 11.3 Å². The zero-order valence-electron chi connectivity index (χ0n) is 18.8. The van der Waals surface area contributed by atoms with E-state index in [1.807, 2.05) is 65.3 Å². The molecule has 2 aliphatic rings. The molecule has 1 aromatic heterocycles. The van der Waals surface area contributed by atoms with E-state index in [1.165, 1.54) is 11.3 Å². The second kappa shape index (κ2) is 9.39. The van der Waals surface area contributed by atoms with Gasteiger partial charge in [0, 0.05) is 19.6 Å². The van der Waals surface area contributed by atoms with Gasteiger partial charge >= 0.3 is 0 Å². The third-order valence-electron chi connectivity index (χ3n) is 6.26. The molecular weight excluding hydrogens is 436 g/mol. The highest BCUT2D eigenvalue weighted by atomic mass is 32.1. The van der Waals surface area contributed by atoms with Gasteiger partial charge in [0.15, 0.2) is 11.2 Å². The largest absolute Gasteiger partial charge is 0.477 e. The summed E-state index contributed by atoms with van der Waals surface area (Å²) in [6, 6.07) is 15.5. The third-order valence-corrected chi connectivity index (χ3v) is 7.32. The summed E-state index contributed by atoms with van der Waals surface area (Å²) in [6.45, 7) is 4.56. The summed E-state index contributed by atoms with van der Waals surface area (Å²) in [4.78, 5) is 36.9. The summed E-state index contributed by atoms with van der Waals surface area (Å²) in [5.74, 6) is 0.618. The molecule has 8 heteroatoms. The minimum Gasteiger partial charge on any atom is -0.477 e. The quantitative estimate of drug-likeness (QED) is 0.573. The van der Waals surface area contributed by atoms with Crippen molar-refractivity contribution in [2.45, 2.75) is 32.3 Å². The number of nitrogens with zero attached hydrogens (tertiary/aromatic N) is 4. The Hall–Kier alpha value is -3.13. The van der Waals surface area contributed by atoms with E-state index in [1.54, 1.807) is 4.90 Å². The van der Waals surface area contributed by atoms with E-state index in [4.69, 9.17) is 4.74 Å². The first-order valence-electron chi connectivity index (χ1n) is 11.6. The fourth-order valence-electron chi connectivity index (χ4n) is 4.55. The van der Waals surface area contributed by atoms with Crippen LogP contribution in [0.4, 0.5) is 10.8 Å². The number of aromatic nitrogens is 1. The van der Waals surface area contributed by atoms with Crippen LogP contribution in [0.25, 0.3) is 10.2 Å². The minimum atomic E-state index is -0.608. The van der Waals surface area contributed by atoms with Gasteiger partial charge in [-0.2, -0.15) is 0 Å². The highest BCUT2D eigenvalue weighted by Crippen LogP contribution is 2.34. The number of hydrogen-bond donors (Lipinski definition) is 0. The van der Waals surface area contributed by atoms with Gasteiger partial charge in [-0.25, -0.2) is 4.98 Å². The molecule has 7 nitrogen and oxygen atoms in total. The standard InChI is InChI=1S/C25H28N4O3S/c1-2-29(25-26-18-10-4-7-13-22(18)33-25)23(30)17-28-16-21(24(31)27-14-8-3-9-15-27)32-20-12-6-5-11-19(20)28/h4-7,10-13,21H,2-3,8-9,14-17H2,1H3. The number of benzene rings is 2. The van der Waals surface area contributed by atoms with E-state index in [2.05, 4.69) is 4.98 Å². The molecule has 172 valence electrons. The van der Waals surface area contributed by atoms with Gasteiger partial charge in [0.25, 0.3) is 5.91 Å². The Kier molecular flexibility index (Phi) is 6.17. The molecule has 1 unspecified atom stereocenters. The molecule has 3 aromatic rings. The number of piperidine rings is 1. The normalized spacial score (nSPS) is 18.0. The number of para-hydroxylation sites is 3. The number of hydrogen-bond acceptors (Lipinski definition) is 6. The number of carbonyl (C=O) groups excluding carboxylic acids is 2. The Bertz CT molecular complexity index is 1120. The van der Waals surface area contributed by atoms with Crippen LogP contribution in [0.1, 0.15) is 26.2 Å². The van der Waals surface area contributed by atoms with Gasteiger partial charge in [-0.3, -0.25) is 14.5 Å². The second-order valence-corrected chi connectivity index (χ2v) is 9.45. The van der Waals surface area contributed by atoms with Crippen molar-refractivity contribution >= 4 is 44.2 Å². The van der Waals surface area contributed by atoms with Crippen molar-refractivity contribution in [2.24, 2.45) is 0 Å². The summed E-state index contributed by atoms with van der Waals surface area (Å²) in [5.41, 5.74) is 1.74. The van der Waals surface area contributed by atoms with Gasteiger partial charge in [-0.15, -0.1) is 0 Å². The lowest BCUT2D eigenvalue weighted by Gasteiger charge is -2.38. The van der Waals surface area contributed by atoms with Crippen LogP contribution in [0.5, 0.6) is 5.75 Å². The molecule has 2 aromatic carbocycles. The molecule has 0 aliphatic carbocycles. The van der Waals surface area contributed by atoms with Crippen molar-refractivity contribution in [3.05, 3.63) is 48.5 Å². The number of anilines is 2. The van der Waals surface area contributed by atoms with E-state index in [9.17, 15) is 9.59 Å². The van der Waals surface area contributed by atoms with E-state index in [-0.39, 0.29) is 18.4 Å². The van der Waals surface area contributed by atoms with Crippen LogP contribution in [0.15, 0.2) is 48.5 Å². The zero-order valence-corrected chi connectivity index (χ0v) is 19.6. The lowest BCUT2D eigenvalue weighted by Crippen LogP contribution is -2.53. The van der Waals surface area contributed by atoms with Crippen LogP contribution in [0.3, 0.4) is 0 Å². The molecule has 5 rings (SSSR count). The second-order valence-electron chi connectivity index (χ2n) is 8.44. The van der Waals surface area contributed by atoms with Gasteiger partial charge in [-0.05, 0) is 50.5 Å². The van der Waals surface area contributed by atoms with Crippen LogP contribution in [0.2, 0.25) is 0 Å². The molecule has 0 bridgehead atoms. The van der Waals surface area contributed by atoms with Crippen molar-refractivity contribution in [3.63, 3.8) is 0 Å². The van der Waals surface area contributed by atoms with Gasteiger partial charge in [0.05, 0.1) is 29.0 Å². The zero-order chi connectivity index (χ0) is 22.8. The lowest BCUT2D eigenvalue weighted by atomic mass is 10.1. The Balaban J connectivity index is 1.37. The van der Waals surface area contributed by atoms with Gasteiger partial charge in [0.1, 0.15) is 5.75 Å². The van der Waals surface area contributed by atoms with E-state index < -0.39 is 6.10 Å². The van der Waals surface area contributed by atoms with Gasteiger partial charge in [0.2, 0.25) is 5.91 Å². The van der Waals surface area contributed by atoms with Crippen LogP contribution in [-0.4, -0.2) is 60.5 Å². The maximum Gasteiger partial charge on any atom is 0.265 e. The number of likely N-dealkylation sites (N-methyl/N-ethyl adjacent to an activating group) is 1. The summed E-state index contributed by atoms with van der Waals surface area (Å²) in [6.07, 6.45) is 2.62. The maximum absolute atomic E-state index is 13.4. The molecule has 0 spiro atoms. The maximum atomic E-state index is 13.4. The highest BCUT2D eigenvalue weighted by Gasteiger charge is 2.35. The van der Waals surface area contributed by atoms with Gasteiger partial charge < -0.3 is 14.5 Å². The Morgan fingerprint density at radius 2 is 1.85 bits per heavy atom. The monoisotopic (exact) mass is 464 g/mol. The lowest BCUT2D eigenvalue weighted by molar-refractivity contribution is -0.139. The first-order chi connectivity index (χ1) is 16.1. The third kappa shape index (κ3) is 4.39. The number of ether oxygens (including phenoxy) is 1. The molecule has 1 fully saturated rings. The van der Waals surface area contributed by atoms with Crippen molar-refractivity contribution in [3.8, 4) is 5.75 Å². The Morgan fingerprint density at radius 3 is 2.64 bits per heavy atom. The smallest absolute Gasteiger partial charge is 0.265 e. The Morgan fingerprint density at radius 1 is 1.09 bits per heavy atom. The van der Waals surface area contributed by atoms with Crippen molar-refractivity contribution in [1.82, 2.24) is 9.88 Å². The fraction of sp³-hybridized carbons (Fsp3) is 0.400. The molecule has 0 radical (unpaired) electrons. The highest BCUT2D eigenvalue weighted by molar-refractivity contribution is 7.22. The summed E-state index contributed by atoms with van der Waals surface area (Å²) < 4.78 is 7.16. The van der Waals surface area contributed by atoms with Crippen molar-refractivity contribution in [1.29, 1.82) is 0 Å². The predicted octanol–water partition coefficient (Wildman–Crippen LogP) is 3.93. The number of likely N-dealkylation sites (tertiary alicyclic amines) is 1. The molecule has 1 saturated heterocycles. The van der Waals surface area contributed by atoms with Crippen LogP contribution in [-0.2, 0) is 9.59 Å². The van der Waals surface area contributed by atoms with E-state index in [0.29, 0.717) is 24.0 Å². The molecular formula is C25H28N4O3S. The van der Waals surface area contributed by atoms with E-state index in [0.717, 1.165) is 48.3 Å². The molecule has 0 N–H and O–H groups in total. The number of fused-ring (bicyclic) bond motifs is 2. The average Bonchev–Trinajstić information content (AvgIpc) is 3.28. The van der Waals surface area contributed by atoms with Crippen LogP contribution < -0.4 is 14.5 Å². The molecule has 33 heavy (non-hydrogen) atoms. The van der Waals surface area contributed by atoms with Crippen LogP contribution in [0, 0.1) is 0 Å². The topological polar surface area (TPSA) is 66.0 Å². The first-order valence-corrected chi connectivity index (χ1v) is 12.4. The summed E-state index contributed by atoms with van der Waals surface area (Å²) >= 11 is 1.52. The van der Waals surface area contributed by atoms with E-state index >= 15 is 0 Å². The summed E-state index contributed by atoms with van der Waals surface area (Å²) in [7, 11) is 0. The number of rotatable bonds is 5. The van der Waals surface area contributed by atoms with Gasteiger partial charge in [-0.1, -0.05) is 35.6 Å². The molecule has 2 aliphatic heterocycles. The molecule has 0 saturated carbocycles. The first kappa shape index (κ1) is 21.7. The minimum absolute atomic E-state index is 0.0140. The van der Waals surface area contributed by atoms with Crippen molar-refractivity contribution < 1.29 is 14.3 Å². The average molecular weight is 465 g/mol. The fourth-order valence-corrected chi connectivity index (χ4v) is 5.59. The number of thiazole rings is 1. The molecule has 1 atom stereocenters. The summed E-state index contributed by atoms with van der Waals surface area (Å²) in [5, 5.41) is 0.700. The number of amides is 2. The van der Waals surface area contributed by atoms with Crippen molar-refractivity contribution in [2.75, 3.05) is 42.5 Å². The SMILES string of the molecule is CCN(C(=O)CN1CC(C(=O)N2CCCCC2)Oc2ccccc21)c1nc2ccccc2s1. The number of carbonyl (C=O) groups is 2. The Labute approximate surface area is 197 Å². The predicted molar refractivity (Wildman–Crippen MR) is 131 cm³/mol. The molecule has 3 heterocycles. The molecule has 2 amide bonds.